The number of piperazine rings is 1. The summed E-state index contributed by atoms with van der Waals surface area (Å²) in [5.41, 5.74) is 0.349. The molecule has 1 saturated heterocycles. The Morgan fingerprint density at radius 3 is 2.50 bits per heavy atom. The van der Waals surface area contributed by atoms with E-state index in [1.807, 2.05) is 11.8 Å². The number of carbonyl (C=O) groups is 2. The quantitative estimate of drug-likeness (QED) is 0.713. The normalized spacial score (nSPS) is 17.6. The fourth-order valence-corrected chi connectivity index (χ4v) is 2.20. The fraction of sp³-hybridized carbons (Fsp3) is 0.538. The summed E-state index contributed by atoms with van der Waals surface area (Å²) in [4.78, 5) is 35.3. The molecular weight excluding hydrogens is 260 g/mol. The number of ether oxygens (including phenoxy) is 1. The Balaban J connectivity index is 1.91. The molecule has 1 atom stereocenters. The molecule has 0 aromatic carbocycles. The number of aromatic nitrogens is 2. The van der Waals surface area contributed by atoms with E-state index in [9.17, 15) is 9.59 Å². The summed E-state index contributed by atoms with van der Waals surface area (Å²) >= 11 is 0. The number of amides is 1. The predicted molar refractivity (Wildman–Crippen MR) is 71.0 cm³/mol. The van der Waals surface area contributed by atoms with Gasteiger partial charge in [-0.3, -0.25) is 19.5 Å². The van der Waals surface area contributed by atoms with Crippen molar-refractivity contribution in [3.05, 3.63) is 24.3 Å². The summed E-state index contributed by atoms with van der Waals surface area (Å²) in [6.45, 7) is 4.23. The fourth-order valence-electron chi connectivity index (χ4n) is 2.20. The summed E-state index contributed by atoms with van der Waals surface area (Å²) in [7, 11) is 1.38. The van der Waals surface area contributed by atoms with Gasteiger partial charge in [-0.2, -0.15) is 0 Å². The molecule has 2 rings (SSSR count). The number of hydrogen-bond donors (Lipinski definition) is 0. The maximum Gasteiger partial charge on any atom is 0.322 e. The summed E-state index contributed by atoms with van der Waals surface area (Å²) in [5.74, 6) is -0.373. The van der Waals surface area contributed by atoms with Crippen LogP contribution in [0.1, 0.15) is 17.4 Å². The minimum absolute atomic E-state index is 0.122. The second-order valence-corrected chi connectivity index (χ2v) is 4.62. The van der Waals surface area contributed by atoms with Crippen LogP contribution < -0.4 is 0 Å². The Bertz CT molecular complexity index is 472. The van der Waals surface area contributed by atoms with Gasteiger partial charge in [0.1, 0.15) is 11.7 Å². The lowest BCUT2D eigenvalue weighted by atomic mass is 10.2. The average Bonchev–Trinajstić information content (AvgIpc) is 2.53. The molecule has 0 saturated carbocycles. The molecule has 7 heteroatoms. The van der Waals surface area contributed by atoms with Gasteiger partial charge in [0, 0.05) is 38.6 Å². The van der Waals surface area contributed by atoms with Gasteiger partial charge in [0.15, 0.2) is 0 Å². The molecule has 0 aliphatic carbocycles. The SMILES string of the molecule is COC(=O)[C@H](C)N1CCN(C(=O)c2cnccn2)CC1. The van der Waals surface area contributed by atoms with Crippen molar-refractivity contribution < 1.29 is 14.3 Å². The molecule has 0 unspecified atom stereocenters. The van der Waals surface area contributed by atoms with Gasteiger partial charge in [-0.15, -0.1) is 0 Å². The van der Waals surface area contributed by atoms with E-state index in [1.165, 1.54) is 25.7 Å². The molecule has 0 bridgehead atoms. The monoisotopic (exact) mass is 278 g/mol. The first-order valence-corrected chi connectivity index (χ1v) is 6.50. The van der Waals surface area contributed by atoms with Gasteiger partial charge in [0.05, 0.1) is 13.3 Å². The highest BCUT2D eigenvalue weighted by molar-refractivity contribution is 5.92. The topological polar surface area (TPSA) is 75.6 Å². The summed E-state index contributed by atoms with van der Waals surface area (Å²) in [6.07, 6.45) is 4.50. The van der Waals surface area contributed by atoms with E-state index in [2.05, 4.69) is 9.97 Å². The molecular formula is C13H18N4O3. The van der Waals surface area contributed by atoms with Crippen LogP contribution in [-0.4, -0.2) is 71.0 Å². The standard InChI is InChI=1S/C13H18N4O3/c1-10(13(19)20-2)16-5-7-17(8-6-16)12(18)11-9-14-3-4-15-11/h3-4,9-10H,5-8H2,1-2H3/t10-/m0/s1. The highest BCUT2D eigenvalue weighted by Crippen LogP contribution is 2.10. The molecule has 20 heavy (non-hydrogen) atoms. The number of hydrogen-bond acceptors (Lipinski definition) is 6. The van der Waals surface area contributed by atoms with Crippen LogP contribution in [0.5, 0.6) is 0 Å². The second kappa shape index (κ2) is 6.42. The maximum atomic E-state index is 12.2. The zero-order valence-electron chi connectivity index (χ0n) is 11.7. The molecule has 0 radical (unpaired) electrons. The highest BCUT2D eigenvalue weighted by atomic mass is 16.5. The number of carbonyl (C=O) groups excluding carboxylic acids is 2. The van der Waals surface area contributed by atoms with E-state index in [0.717, 1.165) is 0 Å². The lowest BCUT2D eigenvalue weighted by molar-refractivity contribution is -0.146. The van der Waals surface area contributed by atoms with Gasteiger partial charge in [-0.05, 0) is 6.92 Å². The van der Waals surface area contributed by atoms with Crippen LogP contribution in [0, 0.1) is 0 Å². The van der Waals surface area contributed by atoms with Crippen molar-refractivity contribution in [1.29, 1.82) is 0 Å². The Morgan fingerprint density at radius 1 is 1.25 bits per heavy atom. The second-order valence-electron chi connectivity index (χ2n) is 4.62. The van der Waals surface area contributed by atoms with Crippen molar-refractivity contribution in [2.45, 2.75) is 13.0 Å². The Kier molecular flexibility index (Phi) is 4.62. The Morgan fingerprint density at radius 2 is 1.95 bits per heavy atom. The molecule has 108 valence electrons. The van der Waals surface area contributed by atoms with Crippen molar-refractivity contribution in [1.82, 2.24) is 19.8 Å². The number of esters is 1. The van der Waals surface area contributed by atoms with Crippen LogP contribution in [0.25, 0.3) is 0 Å². The molecule has 0 spiro atoms. The van der Waals surface area contributed by atoms with Crippen LogP contribution >= 0.6 is 0 Å². The minimum atomic E-state index is -0.284. The number of nitrogens with zero attached hydrogens (tertiary/aromatic N) is 4. The first-order chi connectivity index (χ1) is 9.63. The summed E-state index contributed by atoms with van der Waals surface area (Å²) < 4.78 is 4.73. The van der Waals surface area contributed by atoms with Gasteiger partial charge >= 0.3 is 5.97 Å². The first kappa shape index (κ1) is 14.4. The van der Waals surface area contributed by atoms with Gasteiger partial charge in [0.2, 0.25) is 0 Å². The zero-order valence-corrected chi connectivity index (χ0v) is 11.7. The number of rotatable bonds is 3. The van der Waals surface area contributed by atoms with Gasteiger partial charge in [-0.1, -0.05) is 0 Å². The van der Waals surface area contributed by atoms with Crippen molar-refractivity contribution in [2.24, 2.45) is 0 Å². The van der Waals surface area contributed by atoms with Crippen LogP contribution in [0.4, 0.5) is 0 Å². The lowest BCUT2D eigenvalue weighted by Gasteiger charge is -2.36. The third-order valence-corrected chi connectivity index (χ3v) is 3.47. The van der Waals surface area contributed by atoms with Crippen molar-refractivity contribution in [3.8, 4) is 0 Å². The molecule has 2 heterocycles. The molecule has 1 aromatic heterocycles. The molecule has 1 aromatic rings. The lowest BCUT2D eigenvalue weighted by Crippen LogP contribution is -2.53. The molecule has 1 amide bonds. The maximum absolute atomic E-state index is 12.2. The predicted octanol–water partition coefficient (Wildman–Crippen LogP) is -0.204. The van der Waals surface area contributed by atoms with E-state index in [4.69, 9.17) is 4.74 Å². The Labute approximate surface area is 117 Å². The zero-order chi connectivity index (χ0) is 14.5. The molecule has 1 aliphatic rings. The third kappa shape index (κ3) is 3.11. The van der Waals surface area contributed by atoms with Crippen molar-refractivity contribution >= 4 is 11.9 Å². The van der Waals surface area contributed by atoms with Crippen molar-refractivity contribution in [3.63, 3.8) is 0 Å². The average molecular weight is 278 g/mol. The summed E-state index contributed by atoms with van der Waals surface area (Å²) in [5, 5.41) is 0. The van der Waals surface area contributed by atoms with Gasteiger partial charge in [-0.25, -0.2) is 4.98 Å². The Hall–Kier alpha value is -2.02. The van der Waals surface area contributed by atoms with E-state index in [0.29, 0.717) is 31.9 Å². The van der Waals surface area contributed by atoms with Crippen LogP contribution in [0.3, 0.4) is 0 Å². The van der Waals surface area contributed by atoms with E-state index in [-0.39, 0.29) is 17.9 Å². The highest BCUT2D eigenvalue weighted by Gasteiger charge is 2.28. The largest absolute Gasteiger partial charge is 0.468 e. The molecule has 1 aliphatic heterocycles. The first-order valence-electron chi connectivity index (χ1n) is 6.50. The van der Waals surface area contributed by atoms with E-state index >= 15 is 0 Å². The molecule has 1 fully saturated rings. The van der Waals surface area contributed by atoms with E-state index in [1.54, 1.807) is 4.90 Å². The molecule has 0 N–H and O–H groups in total. The summed E-state index contributed by atoms with van der Waals surface area (Å²) in [6, 6.07) is -0.284. The molecule has 7 nitrogen and oxygen atoms in total. The minimum Gasteiger partial charge on any atom is -0.468 e. The van der Waals surface area contributed by atoms with E-state index < -0.39 is 0 Å². The van der Waals surface area contributed by atoms with Gasteiger partial charge in [0.25, 0.3) is 5.91 Å². The van der Waals surface area contributed by atoms with Crippen molar-refractivity contribution in [2.75, 3.05) is 33.3 Å². The van der Waals surface area contributed by atoms with Gasteiger partial charge < -0.3 is 9.64 Å². The van der Waals surface area contributed by atoms with Crippen LogP contribution in [0.15, 0.2) is 18.6 Å². The third-order valence-electron chi connectivity index (χ3n) is 3.47. The van der Waals surface area contributed by atoms with Crippen LogP contribution in [0.2, 0.25) is 0 Å². The number of methoxy groups -OCH3 is 1. The van der Waals surface area contributed by atoms with Crippen LogP contribution in [-0.2, 0) is 9.53 Å². The smallest absolute Gasteiger partial charge is 0.322 e.